The number of aliphatic hydroxyl groups excluding tert-OH is 1. The minimum absolute atomic E-state index is 0.0228. The molecule has 2 aliphatic rings. The van der Waals surface area contributed by atoms with E-state index < -0.39 is 49.8 Å². The van der Waals surface area contributed by atoms with E-state index in [0.717, 1.165) is 11.3 Å². The van der Waals surface area contributed by atoms with Crippen molar-refractivity contribution in [2.24, 2.45) is 9.81 Å². The van der Waals surface area contributed by atoms with Gasteiger partial charge in [0.15, 0.2) is 11.6 Å². The molecule has 0 unspecified atom stereocenters. The van der Waals surface area contributed by atoms with Crippen LogP contribution < -0.4 is 14.8 Å². The summed E-state index contributed by atoms with van der Waals surface area (Å²) in [7, 11) is -8.90. The number of nitrogens with one attached hydrogen (secondary N) is 3. The number of carbonyl (C=O) groups is 2. The maximum absolute atomic E-state index is 14.0. The summed E-state index contributed by atoms with van der Waals surface area (Å²) in [5.74, 6) is -1.20. The summed E-state index contributed by atoms with van der Waals surface area (Å²) in [5, 5.41) is 24.1. The van der Waals surface area contributed by atoms with Gasteiger partial charge < -0.3 is 15.5 Å². The standard InChI is InChI=1S/C24H28N4O8S3/c1-23(2,3)9-10-24(4)15-8-6-5-7-14(15)17(29)16(19(24)30)20-26-21-18(38(33,34)27-20)13(12-37-21)11-25-39(35,36)28-22(31)32/h5-8,12,25,28-29H,9-11H2,1-4H3,(H,26,27)(H,31,32)/t24-/m1/s1. The Morgan fingerprint density at radius 2 is 1.90 bits per heavy atom. The zero-order valence-electron chi connectivity index (χ0n) is 21.5. The van der Waals surface area contributed by atoms with E-state index in [1.807, 2.05) is 4.72 Å². The van der Waals surface area contributed by atoms with E-state index in [1.165, 1.54) is 10.1 Å². The fourth-order valence-electron chi connectivity index (χ4n) is 4.51. The number of fused-ring (bicyclic) bond motifs is 2. The number of hydrogen-bond donors (Lipinski definition) is 5. The summed E-state index contributed by atoms with van der Waals surface area (Å²) in [6.45, 7) is 7.39. The molecule has 2 aromatic rings. The Balaban J connectivity index is 1.74. The van der Waals surface area contributed by atoms with E-state index in [2.05, 4.69) is 30.5 Å². The van der Waals surface area contributed by atoms with Crippen LogP contribution in [-0.2, 0) is 37.0 Å². The topological polar surface area (TPSA) is 191 Å². The quantitative estimate of drug-likeness (QED) is 0.318. The van der Waals surface area contributed by atoms with Crippen molar-refractivity contribution in [1.29, 1.82) is 0 Å². The highest BCUT2D eigenvalue weighted by Gasteiger charge is 2.47. The van der Waals surface area contributed by atoms with Crippen LogP contribution in [0, 0.1) is 5.41 Å². The van der Waals surface area contributed by atoms with Gasteiger partial charge in [-0.2, -0.15) is 21.6 Å². The average Bonchev–Trinajstić information content (AvgIpc) is 3.23. The lowest BCUT2D eigenvalue weighted by atomic mass is 9.65. The second-order valence-corrected chi connectivity index (χ2v) is 14.6. The number of amidine groups is 1. The Hall–Kier alpha value is -3.27. The Labute approximate surface area is 230 Å². The summed E-state index contributed by atoms with van der Waals surface area (Å²) < 4.78 is 57.2. The lowest BCUT2D eigenvalue weighted by molar-refractivity contribution is -0.120. The molecule has 1 aromatic carbocycles. The number of benzene rings is 1. The van der Waals surface area contributed by atoms with Gasteiger partial charge in [0.05, 0.1) is 5.41 Å². The highest BCUT2D eigenvalue weighted by Crippen LogP contribution is 2.46. The molecule has 5 N–H and O–H groups in total. The number of thiophene rings is 1. The number of carbonyl (C=O) groups excluding carboxylic acids is 1. The average molecular weight is 597 g/mol. The summed E-state index contributed by atoms with van der Waals surface area (Å²) in [4.78, 5) is 24.4. The molecule has 1 atom stereocenters. The number of Topliss-reactive ketones (excluding diaryl/α,β-unsaturated/α-hetero) is 1. The Kier molecular flexibility index (Phi) is 7.17. The third-order valence-electron chi connectivity index (χ3n) is 6.55. The molecule has 0 saturated carbocycles. The van der Waals surface area contributed by atoms with Crippen molar-refractivity contribution in [2.75, 3.05) is 5.32 Å². The number of sulfonamides is 1. The van der Waals surface area contributed by atoms with Crippen molar-refractivity contribution < 1.29 is 36.6 Å². The molecule has 39 heavy (non-hydrogen) atoms. The molecular weight excluding hydrogens is 568 g/mol. The molecule has 0 bridgehead atoms. The van der Waals surface area contributed by atoms with E-state index in [1.54, 1.807) is 31.2 Å². The zero-order valence-corrected chi connectivity index (χ0v) is 24.0. The number of ketones is 1. The van der Waals surface area contributed by atoms with Crippen LogP contribution in [0.5, 0.6) is 0 Å². The maximum atomic E-state index is 14.0. The molecule has 12 nitrogen and oxygen atoms in total. The smallest absolute Gasteiger partial charge is 0.419 e. The third kappa shape index (κ3) is 5.57. The molecular formula is C24H28N4O8S3. The number of anilines is 1. The molecule has 1 aromatic heterocycles. The number of nitrogens with zero attached hydrogens (tertiary/aromatic N) is 1. The fourth-order valence-corrected chi connectivity index (χ4v) is 7.76. The van der Waals surface area contributed by atoms with Crippen molar-refractivity contribution in [3.8, 4) is 0 Å². The summed E-state index contributed by atoms with van der Waals surface area (Å²) in [5.41, 5.74) is -0.329. The van der Waals surface area contributed by atoms with E-state index in [9.17, 15) is 31.5 Å². The summed E-state index contributed by atoms with van der Waals surface area (Å²) in [6, 6.07) is 6.93. The van der Waals surface area contributed by atoms with Crippen LogP contribution >= 0.6 is 11.3 Å². The van der Waals surface area contributed by atoms with E-state index >= 15 is 0 Å². The highest BCUT2D eigenvalue weighted by atomic mass is 32.2. The van der Waals surface area contributed by atoms with Gasteiger partial charge in [0.2, 0.25) is 0 Å². The third-order valence-corrected chi connectivity index (χ3v) is 9.99. The van der Waals surface area contributed by atoms with E-state index in [4.69, 9.17) is 5.11 Å². The van der Waals surface area contributed by atoms with Crippen molar-refractivity contribution in [3.63, 3.8) is 0 Å². The van der Waals surface area contributed by atoms with Crippen LogP contribution in [0.1, 0.15) is 57.2 Å². The molecule has 0 saturated heterocycles. The SMILES string of the molecule is CC(C)(C)CC[C@@]1(C)C(=O)C(C2=NS(=O)(=O)c3c(CNS(=O)(=O)NC(=O)O)csc3N2)=C(O)c2ccccc21. The van der Waals surface area contributed by atoms with Gasteiger partial charge >= 0.3 is 16.3 Å². The first-order valence-electron chi connectivity index (χ1n) is 11.8. The minimum Gasteiger partial charge on any atom is -0.506 e. The van der Waals surface area contributed by atoms with Crippen molar-refractivity contribution >= 4 is 60.0 Å². The monoisotopic (exact) mass is 596 g/mol. The molecule has 1 amide bonds. The first kappa shape index (κ1) is 28.7. The van der Waals surface area contributed by atoms with Gasteiger partial charge in [-0.25, -0.2) is 9.52 Å². The van der Waals surface area contributed by atoms with Crippen LogP contribution in [0.15, 0.2) is 44.5 Å². The van der Waals surface area contributed by atoms with E-state index in [-0.39, 0.29) is 32.3 Å². The second kappa shape index (κ2) is 9.73. The largest absolute Gasteiger partial charge is 0.506 e. The molecule has 1 aliphatic carbocycles. The number of carboxylic acid groups (broad SMARTS) is 1. The highest BCUT2D eigenvalue weighted by molar-refractivity contribution is 7.91. The summed E-state index contributed by atoms with van der Waals surface area (Å²) >= 11 is 0.930. The number of rotatable bonds is 7. The first-order chi connectivity index (χ1) is 18.0. The molecule has 0 spiro atoms. The molecule has 210 valence electrons. The predicted octanol–water partition coefficient (Wildman–Crippen LogP) is 3.50. The zero-order chi connectivity index (χ0) is 29.0. The Morgan fingerprint density at radius 1 is 1.23 bits per heavy atom. The summed E-state index contributed by atoms with van der Waals surface area (Å²) in [6.07, 6.45) is -0.678. The van der Waals surface area contributed by atoms with Crippen molar-refractivity contribution in [1.82, 2.24) is 9.44 Å². The lowest BCUT2D eigenvalue weighted by Gasteiger charge is -2.37. The molecule has 2 heterocycles. The van der Waals surface area contributed by atoms with Gasteiger partial charge in [0.25, 0.3) is 10.0 Å². The molecule has 0 fully saturated rings. The van der Waals surface area contributed by atoms with Gasteiger partial charge in [-0.1, -0.05) is 45.0 Å². The number of hydrogen-bond acceptors (Lipinski definition) is 9. The number of amides is 1. The Bertz CT molecular complexity index is 1650. The van der Waals surface area contributed by atoms with Gasteiger partial charge in [0, 0.05) is 17.7 Å². The van der Waals surface area contributed by atoms with Crippen molar-refractivity contribution in [3.05, 3.63) is 51.9 Å². The maximum Gasteiger partial charge on any atom is 0.419 e. The van der Waals surface area contributed by atoms with Crippen LogP contribution in [0.25, 0.3) is 5.76 Å². The molecule has 1 aliphatic heterocycles. The first-order valence-corrected chi connectivity index (χ1v) is 15.6. The lowest BCUT2D eigenvalue weighted by Crippen LogP contribution is -2.42. The molecule has 15 heteroatoms. The minimum atomic E-state index is -4.45. The molecule has 0 radical (unpaired) electrons. The van der Waals surface area contributed by atoms with Crippen LogP contribution in [0.2, 0.25) is 0 Å². The predicted molar refractivity (Wildman–Crippen MR) is 147 cm³/mol. The second-order valence-electron chi connectivity index (χ2n) is 10.7. The van der Waals surface area contributed by atoms with Gasteiger partial charge in [0.1, 0.15) is 21.2 Å². The fraction of sp³-hybridized carbons (Fsp3) is 0.375. The van der Waals surface area contributed by atoms with Gasteiger partial charge in [-0.15, -0.1) is 15.7 Å². The van der Waals surface area contributed by atoms with E-state index in [0.29, 0.717) is 24.0 Å². The van der Waals surface area contributed by atoms with Gasteiger partial charge in [-0.05, 0) is 36.1 Å². The van der Waals surface area contributed by atoms with Gasteiger partial charge in [-0.3, -0.25) is 4.79 Å². The van der Waals surface area contributed by atoms with Crippen LogP contribution in [-0.4, -0.2) is 44.8 Å². The normalized spacial score (nSPS) is 20.5. The Morgan fingerprint density at radius 3 is 2.54 bits per heavy atom. The molecule has 4 rings (SSSR count). The van der Waals surface area contributed by atoms with Crippen LogP contribution in [0.4, 0.5) is 9.80 Å². The van der Waals surface area contributed by atoms with Crippen molar-refractivity contribution in [2.45, 2.75) is 57.4 Å². The van der Waals surface area contributed by atoms with Crippen LogP contribution in [0.3, 0.4) is 0 Å². The number of aliphatic hydroxyl groups is 1.